The quantitative estimate of drug-likeness (QED) is 0.524. The molecule has 152 valence electrons. The fraction of sp³-hybridized carbons (Fsp3) is 0.280. The second kappa shape index (κ2) is 7.58. The molecular formula is C25H24N2O3. The molecule has 5 nitrogen and oxygen atoms in total. The number of likely N-dealkylation sites (tertiary alicyclic amines) is 1. The fourth-order valence-corrected chi connectivity index (χ4v) is 4.78. The van der Waals surface area contributed by atoms with E-state index in [1.54, 1.807) is 17.7 Å². The highest BCUT2D eigenvalue weighted by molar-refractivity contribution is 6.02. The van der Waals surface area contributed by atoms with Gasteiger partial charge < -0.3 is 14.2 Å². The predicted molar refractivity (Wildman–Crippen MR) is 117 cm³/mol. The molecule has 5 heteroatoms. The summed E-state index contributed by atoms with van der Waals surface area (Å²) in [6, 6.07) is 19.4. The molecule has 1 atom stereocenters. The van der Waals surface area contributed by atoms with Gasteiger partial charge in [-0.2, -0.15) is 0 Å². The van der Waals surface area contributed by atoms with E-state index in [0.717, 1.165) is 35.2 Å². The van der Waals surface area contributed by atoms with E-state index in [1.165, 1.54) is 0 Å². The Morgan fingerprint density at radius 1 is 1.07 bits per heavy atom. The second-order valence-corrected chi connectivity index (χ2v) is 7.98. The minimum Gasteiger partial charge on any atom is -0.383 e. The molecule has 1 fully saturated rings. The smallest absolute Gasteiger partial charge is 0.259 e. The van der Waals surface area contributed by atoms with E-state index in [2.05, 4.69) is 0 Å². The summed E-state index contributed by atoms with van der Waals surface area (Å²) in [4.78, 5) is 29.1. The maximum Gasteiger partial charge on any atom is 0.259 e. The third-order valence-corrected chi connectivity index (χ3v) is 6.20. The molecular weight excluding hydrogens is 376 g/mol. The lowest BCUT2D eigenvalue weighted by Gasteiger charge is -2.25. The van der Waals surface area contributed by atoms with Crippen LogP contribution >= 0.6 is 0 Å². The van der Waals surface area contributed by atoms with E-state index in [-0.39, 0.29) is 17.5 Å². The molecule has 1 unspecified atom stereocenters. The van der Waals surface area contributed by atoms with Crippen molar-refractivity contribution in [3.8, 4) is 22.4 Å². The number of nitrogens with zero attached hydrogens (tertiary/aromatic N) is 2. The lowest BCUT2D eigenvalue weighted by molar-refractivity contribution is 0.0631. The standard InChI is InChI=1S/C25H24N2O3/c1-30-16-19-11-7-13-26(19)25(29)22-14-21(17-8-3-2-4-9-17)24(28)27-15-18-10-5-6-12-20(18)23(22)27/h2-6,8-10,12,14,19H,7,11,13,15-16H2,1H3. The number of fused-ring (bicyclic) bond motifs is 3. The van der Waals surface area contributed by atoms with Crippen molar-refractivity contribution in [2.24, 2.45) is 0 Å². The maximum absolute atomic E-state index is 13.8. The Balaban J connectivity index is 1.71. The Kier molecular flexibility index (Phi) is 4.75. The molecule has 2 aliphatic heterocycles. The highest BCUT2D eigenvalue weighted by Gasteiger charge is 2.34. The van der Waals surface area contributed by atoms with E-state index in [9.17, 15) is 9.59 Å². The number of carbonyl (C=O) groups is 1. The van der Waals surface area contributed by atoms with Crippen LogP contribution in [0.5, 0.6) is 0 Å². The van der Waals surface area contributed by atoms with Gasteiger partial charge in [0.15, 0.2) is 0 Å². The van der Waals surface area contributed by atoms with Crippen LogP contribution in [0.4, 0.5) is 0 Å². The molecule has 0 aliphatic carbocycles. The van der Waals surface area contributed by atoms with Crippen LogP contribution < -0.4 is 5.56 Å². The molecule has 0 radical (unpaired) electrons. The van der Waals surface area contributed by atoms with Gasteiger partial charge in [-0.15, -0.1) is 0 Å². The largest absolute Gasteiger partial charge is 0.383 e. The van der Waals surface area contributed by atoms with Crippen molar-refractivity contribution >= 4 is 5.91 Å². The zero-order valence-electron chi connectivity index (χ0n) is 17.0. The first-order chi connectivity index (χ1) is 14.7. The van der Waals surface area contributed by atoms with Crippen LogP contribution in [0.3, 0.4) is 0 Å². The van der Waals surface area contributed by atoms with Crippen molar-refractivity contribution in [3.05, 3.63) is 82.1 Å². The number of carbonyl (C=O) groups excluding carboxylic acids is 1. The molecule has 3 heterocycles. The first-order valence-corrected chi connectivity index (χ1v) is 10.4. The van der Waals surface area contributed by atoms with Crippen LogP contribution in [0.25, 0.3) is 22.4 Å². The summed E-state index contributed by atoms with van der Waals surface area (Å²) in [6.45, 7) is 1.74. The number of rotatable bonds is 4. The molecule has 30 heavy (non-hydrogen) atoms. The Morgan fingerprint density at radius 2 is 1.83 bits per heavy atom. The predicted octanol–water partition coefficient (Wildman–Crippen LogP) is 3.80. The van der Waals surface area contributed by atoms with Gasteiger partial charge in [0.25, 0.3) is 11.5 Å². The lowest BCUT2D eigenvalue weighted by Crippen LogP contribution is -2.39. The van der Waals surface area contributed by atoms with Gasteiger partial charge >= 0.3 is 0 Å². The summed E-state index contributed by atoms with van der Waals surface area (Å²) < 4.78 is 7.12. The van der Waals surface area contributed by atoms with Crippen molar-refractivity contribution < 1.29 is 9.53 Å². The van der Waals surface area contributed by atoms with Crippen molar-refractivity contribution in [2.45, 2.75) is 25.4 Å². The first-order valence-electron chi connectivity index (χ1n) is 10.4. The molecule has 0 saturated carbocycles. The van der Waals surface area contributed by atoms with Gasteiger partial charge in [-0.25, -0.2) is 0 Å². The number of pyridine rings is 1. The average Bonchev–Trinajstić information content (AvgIpc) is 3.40. The molecule has 3 aromatic rings. The molecule has 0 spiro atoms. The molecule has 2 aliphatic rings. The van der Waals surface area contributed by atoms with Crippen molar-refractivity contribution in [3.63, 3.8) is 0 Å². The van der Waals surface area contributed by atoms with E-state index in [1.807, 2.05) is 59.5 Å². The minimum atomic E-state index is -0.0567. The normalized spacial score (nSPS) is 17.1. The number of methoxy groups -OCH3 is 1. The fourth-order valence-electron chi connectivity index (χ4n) is 4.78. The summed E-state index contributed by atoms with van der Waals surface area (Å²) in [5.74, 6) is -0.0211. The van der Waals surface area contributed by atoms with E-state index in [4.69, 9.17) is 4.74 Å². The monoisotopic (exact) mass is 400 g/mol. The lowest BCUT2D eigenvalue weighted by atomic mass is 9.99. The van der Waals surface area contributed by atoms with Crippen LogP contribution in [0.15, 0.2) is 65.5 Å². The summed E-state index contributed by atoms with van der Waals surface area (Å²) in [6.07, 6.45) is 1.91. The Labute approximate surface area is 175 Å². The topological polar surface area (TPSA) is 51.5 Å². The van der Waals surface area contributed by atoms with Crippen LogP contribution in [-0.2, 0) is 11.3 Å². The highest BCUT2D eigenvalue weighted by Crippen LogP contribution is 2.36. The highest BCUT2D eigenvalue weighted by atomic mass is 16.5. The number of hydrogen-bond acceptors (Lipinski definition) is 3. The Hall–Kier alpha value is -3.18. The van der Waals surface area contributed by atoms with E-state index >= 15 is 0 Å². The van der Waals surface area contributed by atoms with Gasteiger partial charge in [0.05, 0.1) is 30.5 Å². The van der Waals surface area contributed by atoms with Crippen molar-refractivity contribution in [1.29, 1.82) is 0 Å². The van der Waals surface area contributed by atoms with Crippen molar-refractivity contribution in [2.75, 3.05) is 20.3 Å². The summed E-state index contributed by atoms with van der Waals surface area (Å²) in [7, 11) is 1.67. The number of amides is 1. The van der Waals surface area contributed by atoms with Crippen molar-refractivity contribution in [1.82, 2.24) is 9.47 Å². The van der Waals surface area contributed by atoms with Gasteiger partial charge in [0.1, 0.15) is 0 Å². The van der Waals surface area contributed by atoms with Crippen LogP contribution in [0.2, 0.25) is 0 Å². The number of hydrogen-bond donors (Lipinski definition) is 0. The Morgan fingerprint density at radius 3 is 2.63 bits per heavy atom. The molecule has 0 N–H and O–H groups in total. The average molecular weight is 400 g/mol. The van der Waals surface area contributed by atoms with Gasteiger partial charge in [-0.3, -0.25) is 9.59 Å². The van der Waals surface area contributed by atoms with Gasteiger partial charge in [-0.1, -0.05) is 54.6 Å². The number of benzene rings is 2. The van der Waals surface area contributed by atoms with Gasteiger partial charge in [-0.05, 0) is 30.0 Å². The molecule has 1 amide bonds. The van der Waals surface area contributed by atoms with Crippen LogP contribution in [0, 0.1) is 0 Å². The third kappa shape index (κ3) is 2.97. The summed E-state index contributed by atoms with van der Waals surface area (Å²) in [5.41, 5.74) is 4.73. The summed E-state index contributed by atoms with van der Waals surface area (Å²) >= 11 is 0. The summed E-state index contributed by atoms with van der Waals surface area (Å²) in [5, 5.41) is 0. The molecule has 1 aromatic heterocycles. The molecule has 0 bridgehead atoms. The zero-order valence-corrected chi connectivity index (χ0v) is 17.0. The molecule has 2 aromatic carbocycles. The number of aromatic nitrogens is 1. The first kappa shape index (κ1) is 18.8. The Bertz CT molecular complexity index is 1170. The molecule has 1 saturated heterocycles. The minimum absolute atomic E-state index is 0.0211. The van der Waals surface area contributed by atoms with E-state index < -0.39 is 0 Å². The SMILES string of the molecule is COCC1CCCN1C(=O)c1cc(-c2ccccc2)c(=O)n2c1-c1ccccc1C2. The van der Waals surface area contributed by atoms with E-state index in [0.29, 0.717) is 30.8 Å². The zero-order chi connectivity index (χ0) is 20.7. The van der Waals surface area contributed by atoms with Gasteiger partial charge in [0.2, 0.25) is 0 Å². The van der Waals surface area contributed by atoms with Crippen LogP contribution in [-0.4, -0.2) is 41.7 Å². The van der Waals surface area contributed by atoms with Crippen LogP contribution in [0.1, 0.15) is 28.8 Å². The van der Waals surface area contributed by atoms with Gasteiger partial charge in [0, 0.05) is 24.8 Å². The molecule has 5 rings (SSSR count). The maximum atomic E-state index is 13.8. The second-order valence-electron chi connectivity index (χ2n) is 7.98. The third-order valence-electron chi connectivity index (χ3n) is 6.20. The number of ether oxygens (including phenoxy) is 1.